The van der Waals surface area contributed by atoms with Gasteiger partial charge in [0.2, 0.25) is 11.8 Å². The lowest BCUT2D eigenvalue weighted by molar-refractivity contribution is 0.0992. The highest BCUT2D eigenvalue weighted by Gasteiger charge is 2.22. The van der Waals surface area contributed by atoms with Gasteiger partial charge in [-0.05, 0) is 110 Å². The number of hydrogen-bond acceptors (Lipinski definition) is 6. The molecule has 1 atom stereocenters. The zero-order valence-corrected chi connectivity index (χ0v) is 31.6. The number of fused-ring (bicyclic) bond motifs is 3. The monoisotopic (exact) mass is 916 g/mol. The smallest absolute Gasteiger partial charge is 0.250 e. The molecule has 13 heteroatoms. The average molecular weight is 921 g/mol. The molecular weight excluding hydrogens is 892 g/mol. The third kappa shape index (κ3) is 8.23. The van der Waals surface area contributed by atoms with Crippen LogP contribution >= 0.6 is 80.7 Å². The van der Waals surface area contributed by atoms with Crippen LogP contribution in [0.1, 0.15) is 29.8 Å². The first-order chi connectivity index (χ1) is 20.4. The Morgan fingerprint density at radius 3 is 2.39 bits per heavy atom. The van der Waals surface area contributed by atoms with Gasteiger partial charge in [0, 0.05) is 43.2 Å². The molecule has 0 spiro atoms. The van der Waals surface area contributed by atoms with Crippen LogP contribution < -0.4 is 20.5 Å². The van der Waals surface area contributed by atoms with Gasteiger partial charge in [-0.25, -0.2) is 4.98 Å². The molecule has 0 bridgehead atoms. The number of β-amino-alcohol motifs (C(OH)–C–C–N with tert-alkyl or cyclic N) is 1. The van der Waals surface area contributed by atoms with Gasteiger partial charge in [-0.15, -0.1) is 17.0 Å². The quantitative estimate of drug-likeness (QED) is 0.105. The highest BCUT2D eigenvalue weighted by atomic mass is 79.9. The second-order valence-corrected chi connectivity index (χ2v) is 14.2. The van der Waals surface area contributed by atoms with Gasteiger partial charge in [0.15, 0.2) is 0 Å². The number of pyridine rings is 1. The minimum atomic E-state index is -0.738. The first-order valence-corrected chi connectivity index (χ1v) is 16.4. The average Bonchev–Trinajstić information content (AvgIpc) is 3.33. The van der Waals surface area contributed by atoms with Crippen molar-refractivity contribution in [1.82, 2.24) is 15.3 Å². The summed E-state index contributed by atoms with van der Waals surface area (Å²) in [5.41, 5.74) is 8.26. The Morgan fingerprint density at radius 1 is 1.02 bits per heavy atom. The van der Waals surface area contributed by atoms with Crippen LogP contribution in [0.5, 0.6) is 17.4 Å². The molecule has 0 fully saturated rings. The van der Waals surface area contributed by atoms with Crippen molar-refractivity contribution in [2.45, 2.75) is 31.9 Å². The number of aromatic amines is 1. The standard InChI is InChI=1S/C31H28Br4N4O4.BrH/c1-31(2,12-16-3-6-20(7-4-16)43-25-8-5-17(13-37-25)30(36)41)38-14-19(40)15-42-29-24(35)11-23(34)28-26(29)21-9-18(32)10-22(33)27(21)39-28;/h3-11,13,19,38-40H,12,14-15H2,1-2H3,(H2,36,41);1H/t19-;/m0./s1. The van der Waals surface area contributed by atoms with E-state index in [1.807, 2.05) is 42.5 Å². The fraction of sp³-hybridized carbons (Fsp3) is 0.226. The van der Waals surface area contributed by atoms with Gasteiger partial charge in [0.05, 0.1) is 26.5 Å². The number of aromatic nitrogens is 2. The number of nitrogens with zero attached hydrogens (tertiary/aromatic N) is 1. The first-order valence-electron chi connectivity index (χ1n) is 13.3. The van der Waals surface area contributed by atoms with Crippen LogP contribution in [0.2, 0.25) is 0 Å². The van der Waals surface area contributed by atoms with Crippen LogP contribution in [-0.2, 0) is 6.42 Å². The lowest BCUT2D eigenvalue weighted by Crippen LogP contribution is -2.46. The van der Waals surface area contributed by atoms with Crippen molar-refractivity contribution in [3.63, 3.8) is 0 Å². The van der Waals surface area contributed by atoms with Gasteiger partial charge >= 0.3 is 0 Å². The Morgan fingerprint density at radius 2 is 1.73 bits per heavy atom. The molecule has 2 heterocycles. The predicted octanol–water partition coefficient (Wildman–Crippen LogP) is 8.59. The maximum atomic E-state index is 11.2. The summed E-state index contributed by atoms with van der Waals surface area (Å²) in [5.74, 6) is 1.13. The number of nitrogens with one attached hydrogen (secondary N) is 2. The number of carbonyl (C=O) groups is 1. The van der Waals surface area contributed by atoms with Gasteiger partial charge in [-0.1, -0.05) is 28.1 Å². The van der Waals surface area contributed by atoms with Crippen LogP contribution in [0.4, 0.5) is 0 Å². The number of carbonyl (C=O) groups excluding carboxylic acids is 1. The topological polar surface area (TPSA) is 122 Å². The maximum absolute atomic E-state index is 11.2. The third-order valence-electron chi connectivity index (χ3n) is 6.81. The Hall–Kier alpha value is -2.00. The fourth-order valence-corrected chi connectivity index (χ4v) is 7.43. The summed E-state index contributed by atoms with van der Waals surface area (Å²) >= 11 is 14.5. The van der Waals surface area contributed by atoms with Crippen LogP contribution in [0.25, 0.3) is 21.8 Å². The largest absolute Gasteiger partial charge is 0.489 e. The van der Waals surface area contributed by atoms with Crippen molar-refractivity contribution in [3.8, 4) is 17.4 Å². The van der Waals surface area contributed by atoms with E-state index in [0.29, 0.717) is 29.5 Å². The van der Waals surface area contributed by atoms with Crippen molar-refractivity contribution in [2.75, 3.05) is 13.2 Å². The van der Waals surface area contributed by atoms with Gasteiger partial charge < -0.3 is 30.6 Å². The van der Waals surface area contributed by atoms with E-state index in [4.69, 9.17) is 15.2 Å². The summed E-state index contributed by atoms with van der Waals surface area (Å²) in [7, 11) is 0. The number of ether oxygens (including phenoxy) is 2. The second-order valence-electron chi connectivity index (χ2n) is 10.8. The Bertz CT molecular complexity index is 1790. The molecule has 0 unspecified atom stereocenters. The number of nitrogens with two attached hydrogens (primary N) is 1. The highest BCUT2D eigenvalue weighted by Crippen LogP contribution is 2.44. The number of rotatable bonds is 11. The summed E-state index contributed by atoms with van der Waals surface area (Å²) in [6.45, 7) is 4.64. The van der Waals surface area contributed by atoms with Crippen LogP contribution in [0, 0.1) is 0 Å². The molecule has 5 rings (SSSR count). The summed E-state index contributed by atoms with van der Waals surface area (Å²) < 4.78 is 15.6. The van der Waals surface area contributed by atoms with Crippen molar-refractivity contribution in [3.05, 3.63) is 89.8 Å². The molecule has 5 N–H and O–H groups in total. The van der Waals surface area contributed by atoms with Crippen LogP contribution in [0.3, 0.4) is 0 Å². The number of halogens is 5. The van der Waals surface area contributed by atoms with Gasteiger partial charge in [-0.3, -0.25) is 4.79 Å². The molecule has 44 heavy (non-hydrogen) atoms. The predicted molar refractivity (Wildman–Crippen MR) is 193 cm³/mol. The number of benzene rings is 3. The summed E-state index contributed by atoms with van der Waals surface area (Å²) in [6.07, 6.45) is 1.38. The molecule has 0 aliphatic carbocycles. The third-order valence-corrected chi connectivity index (χ3v) is 9.11. The van der Waals surface area contributed by atoms with Crippen LogP contribution in [0.15, 0.2) is 78.7 Å². The van der Waals surface area contributed by atoms with Crippen molar-refractivity contribution >= 4 is 108 Å². The van der Waals surface area contributed by atoms with E-state index < -0.39 is 12.0 Å². The van der Waals surface area contributed by atoms with Crippen molar-refractivity contribution < 1.29 is 19.4 Å². The maximum Gasteiger partial charge on any atom is 0.250 e. The van der Waals surface area contributed by atoms with Crippen LogP contribution in [-0.4, -0.2) is 45.8 Å². The zero-order valence-electron chi connectivity index (χ0n) is 23.6. The molecule has 232 valence electrons. The molecule has 0 saturated carbocycles. The van der Waals surface area contributed by atoms with Gasteiger partial charge in [0.1, 0.15) is 24.2 Å². The Balaban J connectivity index is 0.00000442. The minimum absolute atomic E-state index is 0. The molecule has 1 amide bonds. The number of primary amides is 1. The number of aliphatic hydroxyl groups excluding tert-OH is 1. The molecule has 0 radical (unpaired) electrons. The SMILES string of the molecule is Br.CC(C)(Cc1ccc(Oc2ccc(C(N)=O)cn2)cc1)NC[C@H](O)COc1c(Br)cc(Br)c2[nH]c3c(Br)cc(Br)cc3c12. The van der Waals surface area contributed by atoms with Gasteiger partial charge in [-0.2, -0.15) is 0 Å². The number of aliphatic hydroxyl groups is 1. The molecule has 3 aromatic carbocycles. The second kappa shape index (κ2) is 14.6. The number of hydrogen-bond donors (Lipinski definition) is 4. The highest BCUT2D eigenvalue weighted by molar-refractivity contribution is 9.11. The lowest BCUT2D eigenvalue weighted by atomic mass is 9.94. The minimum Gasteiger partial charge on any atom is -0.489 e. The molecule has 5 aromatic rings. The first kappa shape index (κ1) is 34.9. The molecule has 0 aliphatic rings. The summed E-state index contributed by atoms with van der Waals surface area (Å²) in [4.78, 5) is 18.8. The van der Waals surface area contributed by atoms with E-state index in [-0.39, 0.29) is 29.1 Å². The van der Waals surface area contributed by atoms with E-state index in [9.17, 15) is 9.90 Å². The summed E-state index contributed by atoms with van der Waals surface area (Å²) in [6, 6.07) is 16.9. The van der Waals surface area contributed by atoms with Crippen molar-refractivity contribution in [2.24, 2.45) is 5.73 Å². The Labute approximate surface area is 298 Å². The Kier molecular flexibility index (Phi) is 11.6. The number of amides is 1. The van der Waals surface area contributed by atoms with E-state index in [1.54, 1.807) is 12.1 Å². The molecule has 2 aromatic heterocycles. The normalized spacial score (nSPS) is 12.2. The molecule has 0 saturated heterocycles. The van der Waals surface area contributed by atoms with E-state index in [2.05, 4.69) is 92.9 Å². The fourth-order valence-electron chi connectivity index (χ4n) is 4.73. The van der Waals surface area contributed by atoms with E-state index in [1.165, 1.54) is 6.20 Å². The van der Waals surface area contributed by atoms with E-state index in [0.717, 1.165) is 51.7 Å². The molecule has 8 nitrogen and oxygen atoms in total. The van der Waals surface area contributed by atoms with Gasteiger partial charge in [0.25, 0.3) is 0 Å². The molecular formula is C31H29Br5N4O4. The number of H-pyrrole nitrogens is 1. The zero-order chi connectivity index (χ0) is 30.9. The van der Waals surface area contributed by atoms with Crippen molar-refractivity contribution in [1.29, 1.82) is 0 Å². The molecule has 0 aliphatic heterocycles. The lowest BCUT2D eigenvalue weighted by Gasteiger charge is -2.28. The summed E-state index contributed by atoms with van der Waals surface area (Å²) in [5, 5.41) is 16.2. The van der Waals surface area contributed by atoms with E-state index >= 15 is 0 Å².